The van der Waals surface area contributed by atoms with Gasteiger partial charge in [-0.15, -0.1) is 0 Å². The van der Waals surface area contributed by atoms with Crippen LogP contribution >= 0.6 is 15.9 Å². The first-order chi connectivity index (χ1) is 8.43. The van der Waals surface area contributed by atoms with Crippen LogP contribution in [0.3, 0.4) is 0 Å². The first kappa shape index (κ1) is 13.9. The molecular formula is C10H11BrF2N2O2S. The summed E-state index contributed by atoms with van der Waals surface area (Å²) >= 11 is 2.96. The maximum Gasteiger partial charge on any atom is 0.244 e. The first-order valence-corrected chi connectivity index (χ1v) is 7.51. The van der Waals surface area contributed by atoms with E-state index in [1.165, 1.54) is 4.31 Å². The maximum absolute atomic E-state index is 13.2. The van der Waals surface area contributed by atoms with Gasteiger partial charge in [0.15, 0.2) is 11.6 Å². The molecule has 1 aromatic rings. The van der Waals surface area contributed by atoms with Crippen LogP contribution in [-0.4, -0.2) is 38.9 Å². The molecule has 0 saturated carbocycles. The predicted octanol–water partition coefficient (Wildman–Crippen LogP) is 1.32. The Labute approximate surface area is 112 Å². The molecule has 0 bridgehead atoms. The average molecular weight is 341 g/mol. The van der Waals surface area contributed by atoms with Crippen molar-refractivity contribution in [2.24, 2.45) is 0 Å². The van der Waals surface area contributed by atoms with Gasteiger partial charge in [-0.25, -0.2) is 17.2 Å². The summed E-state index contributed by atoms with van der Waals surface area (Å²) in [6.45, 7) is 1.71. The smallest absolute Gasteiger partial charge is 0.244 e. The second-order valence-corrected chi connectivity index (χ2v) is 6.61. The van der Waals surface area contributed by atoms with Crippen LogP contribution < -0.4 is 5.32 Å². The Hall–Kier alpha value is -0.570. The quantitative estimate of drug-likeness (QED) is 0.826. The summed E-state index contributed by atoms with van der Waals surface area (Å²) in [4.78, 5) is -0.247. The van der Waals surface area contributed by atoms with Crippen molar-refractivity contribution in [3.05, 3.63) is 28.2 Å². The van der Waals surface area contributed by atoms with Crippen LogP contribution in [0.25, 0.3) is 0 Å². The number of piperazine rings is 1. The molecule has 8 heteroatoms. The van der Waals surface area contributed by atoms with E-state index in [2.05, 4.69) is 21.2 Å². The molecule has 0 spiro atoms. The third-order valence-corrected chi connectivity index (χ3v) is 5.53. The molecule has 2 rings (SSSR count). The minimum absolute atomic E-state index is 0.0277. The number of hydrogen-bond acceptors (Lipinski definition) is 3. The van der Waals surface area contributed by atoms with Gasteiger partial charge >= 0.3 is 0 Å². The van der Waals surface area contributed by atoms with Crippen LogP contribution in [0.2, 0.25) is 0 Å². The van der Waals surface area contributed by atoms with Gasteiger partial charge in [-0.3, -0.25) is 0 Å². The summed E-state index contributed by atoms with van der Waals surface area (Å²) in [6, 6.07) is 1.53. The Kier molecular flexibility index (Phi) is 4.00. The van der Waals surface area contributed by atoms with Crippen LogP contribution in [0.1, 0.15) is 0 Å². The van der Waals surface area contributed by atoms with Crippen LogP contribution in [0.5, 0.6) is 0 Å². The van der Waals surface area contributed by atoms with Crippen molar-refractivity contribution in [1.82, 2.24) is 9.62 Å². The molecule has 1 saturated heterocycles. The third-order valence-electron chi connectivity index (χ3n) is 2.67. The lowest BCUT2D eigenvalue weighted by Gasteiger charge is -2.27. The average Bonchev–Trinajstić information content (AvgIpc) is 2.34. The molecule has 1 heterocycles. The highest BCUT2D eigenvalue weighted by Crippen LogP contribution is 2.27. The number of halogens is 3. The zero-order valence-electron chi connectivity index (χ0n) is 9.29. The molecule has 0 aliphatic carbocycles. The Morgan fingerprint density at radius 3 is 2.33 bits per heavy atom. The molecule has 1 aliphatic heterocycles. The van der Waals surface area contributed by atoms with Gasteiger partial charge in [-0.1, -0.05) is 0 Å². The van der Waals surface area contributed by atoms with Gasteiger partial charge in [0.05, 0.1) is 4.90 Å². The topological polar surface area (TPSA) is 49.4 Å². The van der Waals surface area contributed by atoms with Crippen molar-refractivity contribution >= 4 is 26.0 Å². The number of rotatable bonds is 2. The van der Waals surface area contributed by atoms with Gasteiger partial charge in [-0.2, -0.15) is 4.31 Å². The number of nitrogens with one attached hydrogen (secondary N) is 1. The van der Waals surface area contributed by atoms with Crippen molar-refractivity contribution in [3.8, 4) is 0 Å². The van der Waals surface area contributed by atoms with Crippen LogP contribution in [0.15, 0.2) is 21.5 Å². The summed E-state index contributed by atoms with van der Waals surface area (Å²) in [5, 5.41) is 3.02. The fourth-order valence-corrected chi connectivity index (χ4v) is 4.15. The molecule has 100 valence electrons. The number of sulfonamides is 1. The number of benzene rings is 1. The summed E-state index contributed by atoms with van der Waals surface area (Å²) in [5.41, 5.74) is 0. The van der Waals surface area contributed by atoms with E-state index in [0.29, 0.717) is 32.2 Å². The summed E-state index contributed by atoms with van der Waals surface area (Å²) in [5.74, 6) is -2.26. The molecule has 4 nitrogen and oxygen atoms in total. The highest BCUT2D eigenvalue weighted by molar-refractivity contribution is 9.10. The van der Waals surface area contributed by atoms with Gasteiger partial charge in [0.2, 0.25) is 10.0 Å². The Morgan fingerprint density at radius 1 is 1.17 bits per heavy atom. The molecule has 0 radical (unpaired) electrons. The molecule has 1 fully saturated rings. The van der Waals surface area contributed by atoms with Crippen LogP contribution in [0.4, 0.5) is 8.78 Å². The first-order valence-electron chi connectivity index (χ1n) is 5.28. The minimum Gasteiger partial charge on any atom is -0.314 e. The van der Waals surface area contributed by atoms with E-state index >= 15 is 0 Å². The van der Waals surface area contributed by atoms with Crippen molar-refractivity contribution in [2.75, 3.05) is 26.2 Å². The van der Waals surface area contributed by atoms with Gasteiger partial charge < -0.3 is 5.32 Å². The molecule has 1 aromatic carbocycles. The SMILES string of the molecule is O=S(=O)(c1cc(F)c(F)cc1Br)N1CCNCC1. The van der Waals surface area contributed by atoms with Crippen molar-refractivity contribution in [1.29, 1.82) is 0 Å². The van der Waals surface area contributed by atoms with Gasteiger partial charge in [-0.05, 0) is 28.1 Å². The lowest BCUT2D eigenvalue weighted by atomic mass is 10.3. The molecule has 1 aliphatic rings. The molecule has 0 unspecified atom stereocenters. The zero-order chi connectivity index (χ0) is 13.3. The highest BCUT2D eigenvalue weighted by atomic mass is 79.9. The van der Waals surface area contributed by atoms with Crippen molar-refractivity contribution < 1.29 is 17.2 Å². The number of nitrogens with zero attached hydrogens (tertiary/aromatic N) is 1. The lowest BCUT2D eigenvalue weighted by molar-refractivity contribution is 0.359. The largest absolute Gasteiger partial charge is 0.314 e. The monoisotopic (exact) mass is 340 g/mol. The van der Waals surface area contributed by atoms with Gasteiger partial charge in [0.25, 0.3) is 0 Å². The molecule has 0 aromatic heterocycles. The van der Waals surface area contributed by atoms with Gasteiger partial charge in [0, 0.05) is 30.7 Å². The Morgan fingerprint density at radius 2 is 1.72 bits per heavy atom. The maximum atomic E-state index is 13.2. The van der Waals surface area contributed by atoms with Crippen molar-refractivity contribution in [3.63, 3.8) is 0 Å². The van der Waals surface area contributed by atoms with E-state index in [9.17, 15) is 17.2 Å². The standard InChI is InChI=1S/C10H11BrF2N2O2S/c11-7-5-8(12)9(13)6-10(7)18(16,17)15-3-1-14-2-4-15/h5-6,14H,1-4H2. The summed E-state index contributed by atoms with van der Waals surface area (Å²) in [7, 11) is -3.79. The second-order valence-electron chi connectivity index (χ2n) is 3.85. The zero-order valence-corrected chi connectivity index (χ0v) is 11.7. The summed E-state index contributed by atoms with van der Waals surface area (Å²) in [6.07, 6.45) is 0. The lowest BCUT2D eigenvalue weighted by Crippen LogP contribution is -2.46. The van der Waals surface area contributed by atoms with E-state index < -0.39 is 21.7 Å². The fraction of sp³-hybridized carbons (Fsp3) is 0.400. The molecular weight excluding hydrogens is 330 g/mol. The number of hydrogen-bond donors (Lipinski definition) is 1. The minimum atomic E-state index is -3.79. The van der Waals surface area contributed by atoms with Gasteiger partial charge in [0.1, 0.15) is 0 Å². The Bertz CT molecular complexity index is 559. The van der Waals surface area contributed by atoms with E-state index in [1.807, 2.05) is 0 Å². The molecule has 1 N–H and O–H groups in total. The molecule has 18 heavy (non-hydrogen) atoms. The second kappa shape index (κ2) is 5.20. The van der Waals surface area contributed by atoms with Crippen LogP contribution in [0, 0.1) is 11.6 Å². The molecule has 0 atom stereocenters. The Balaban J connectivity index is 2.43. The van der Waals surface area contributed by atoms with E-state index in [-0.39, 0.29) is 9.37 Å². The fourth-order valence-electron chi connectivity index (χ4n) is 1.73. The predicted molar refractivity (Wildman–Crippen MR) is 65.7 cm³/mol. The van der Waals surface area contributed by atoms with E-state index in [4.69, 9.17) is 0 Å². The summed E-state index contributed by atoms with van der Waals surface area (Å²) < 4.78 is 51.9. The molecule has 0 amide bonds. The van der Waals surface area contributed by atoms with E-state index in [0.717, 1.165) is 6.07 Å². The van der Waals surface area contributed by atoms with E-state index in [1.54, 1.807) is 0 Å². The van der Waals surface area contributed by atoms with Crippen LogP contribution in [-0.2, 0) is 10.0 Å². The van der Waals surface area contributed by atoms with Crippen molar-refractivity contribution in [2.45, 2.75) is 4.90 Å². The highest BCUT2D eigenvalue weighted by Gasteiger charge is 2.28. The third kappa shape index (κ3) is 2.56. The normalized spacial score (nSPS) is 17.9.